The highest BCUT2D eigenvalue weighted by Crippen LogP contribution is 2.38. The van der Waals surface area contributed by atoms with E-state index in [4.69, 9.17) is 4.74 Å². The topological polar surface area (TPSA) is 87.7 Å². The van der Waals surface area contributed by atoms with Gasteiger partial charge in [0.1, 0.15) is 0 Å². The van der Waals surface area contributed by atoms with Crippen molar-refractivity contribution in [3.05, 3.63) is 23.8 Å². The second kappa shape index (κ2) is 4.79. The van der Waals surface area contributed by atoms with Crippen LogP contribution in [0.4, 0.5) is 11.4 Å². The predicted octanol–water partition coefficient (Wildman–Crippen LogP) is 1.55. The van der Waals surface area contributed by atoms with E-state index in [9.17, 15) is 14.7 Å². The number of carboxylic acid groups (broad SMARTS) is 1. The molecule has 1 aromatic carbocycles. The minimum atomic E-state index is -1.01. The summed E-state index contributed by atoms with van der Waals surface area (Å²) in [4.78, 5) is 23.7. The number of ether oxygens (including phenoxy) is 1. The van der Waals surface area contributed by atoms with E-state index >= 15 is 0 Å². The predicted molar refractivity (Wildman–Crippen MR) is 73.0 cm³/mol. The van der Waals surface area contributed by atoms with Gasteiger partial charge in [0.25, 0.3) is 0 Å². The Hall–Kier alpha value is -2.08. The lowest BCUT2D eigenvalue weighted by Crippen LogP contribution is -2.44. The molecule has 3 rings (SSSR count). The first-order valence-electron chi connectivity index (χ1n) is 6.62. The Bertz CT molecular complexity index is 564. The summed E-state index contributed by atoms with van der Waals surface area (Å²) in [6.07, 6.45) is 1.28. The monoisotopic (exact) mass is 276 g/mol. The maximum Gasteiger partial charge on any atom is 0.337 e. The summed E-state index contributed by atoms with van der Waals surface area (Å²) in [5, 5.41) is 15.2. The van der Waals surface area contributed by atoms with Crippen LogP contribution < -0.4 is 10.6 Å². The molecule has 6 nitrogen and oxygen atoms in total. The second-order valence-electron chi connectivity index (χ2n) is 5.23. The minimum Gasteiger partial charge on any atom is -0.478 e. The molecule has 0 radical (unpaired) electrons. The Morgan fingerprint density at radius 1 is 1.30 bits per heavy atom. The van der Waals surface area contributed by atoms with Crippen molar-refractivity contribution >= 4 is 23.3 Å². The minimum absolute atomic E-state index is 0.0606. The van der Waals surface area contributed by atoms with Crippen molar-refractivity contribution < 1.29 is 19.4 Å². The number of carbonyl (C=O) groups is 2. The third-order valence-electron chi connectivity index (χ3n) is 4.08. The molecule has 0 aromatic heterocycles. The number of carboxylic acids is 1. The zero-order chi connectivity index (χ0) is 14.2. The summed E-state index contributed by atoms with van der Waals surface area (Å²) in [6, 6.07) is 4.87. The lowest BCUT2D eigenvalue weighted by Gasteiger charge is -2.34. The molecular weight excluding hydrogens is 260 g/mol. The van der Waals surface area contributed by atoms with Crippen LogP contribution in [0, 0.1) is 5.41 Å². The number of amides is 1. The number of fused-ring (bicyclic) bond motifs is 1. The van der Waals surface area contributed by atoms with Gasteiger partial charge in [0.05, 0.1) is 22.4 Å². The van der Waals surface area contributed by atoms with E-state index in [-0.39, 0.29) is 11.5 Å². The van der Waals surface area contributed by atoms with Gasteiger partial charge in [0.2, 0.25) is 5.91 Å². The molecule has 2 aliphatic heterocycles. The van der Waals surface area contributed by atoms with Crippen LogP contribution in [0.25, 0.3) is 0 Å². The number of rotatable bonds is 1. The fraction of sp³-hybridized carbons (Fsp3) is 0.429. The molecule has 0 aliphatic carbocycles. The summed E-state index contributed by atoms with van der Waals surface area (Å²) in [6.45, 7) is 1.54. The molecule has 0 saturated carbocycles. The van der Waals surface area contributed by atoms with E-state index in [1.165, 1.54) is 6.07 Å². The first kappa shape index (κ1) is 12.9. The number of para-hydroxylation sites is 1. The average molecular weight is 276 g/mol. The quantitative estimate of drug-likeness (QED) is 0.724. The SMILES string of the molecule is O=C(O)c1cccc2c1NCC1(CCOCC1)C(=O)N2. The smallest absolute Gasteiger partial charge is 0.337 e. The van der Waals surface area contributed by atoms with Gasteiger partial charge < -0.3 is 20.5 Å². The summed E-state index contributed by atoms with van der Waals surface area (Å²) in [5.74, 6) is -1.07. The molecule has 3 N–H and O–H groups in total. The molecule has 6 heteroatoms. The van der Waals surface area contributed by atoms with Crippen LogP contribution in [0.15, 0.2) is 18.2 Å². The number of hydrogen-bond acceptors (Lipinski definition) is 4. The Morgan fingerprint density at radius 2 is 2.05 bits per heavy atom. The van der Waals surface area contributed by atoms with Gasteiger partial charge in [-0.15, -0.1) is 0 Å². The van der Waals surface area contributed by atoms with Crippen molar-refractivity contribution in [1.29, 1.82) is 0 Å². The third kappa shape index (κ3) is 2.02. The van der Waals surface area contributed by atoms with Gasteiger partial charge >= 0.3 is 5.97 Å². The highest BCUT2D eigenvalue weighted by atomic mass is 16.5. The molecule has 0 bridgehead atoms. The van der Waals surface area contributed by atoms with Crippen LogP contribution in [0.1, 0.15) is 23.2 Å². The number of hydrogen-bond donors (Lipinski definition) is 3. The Labute approximate surface area is 116 Å². The van der Waals surface area contributed by atoms with E-state index in [1.807, 2.05) is 0 Å². The molecule has 0 atom stereocenters. The first-order valence-corrected chi connectivity index (χ1v) is 6.62. The Morgan fingerprint density at radius 3 is 2.75 bits per heavy atom. The number of carbonyl (C=O) groups excluding carboxylic acids is 1. The van der Waals surface area contributed by atoms with Crippen molar-refractivity contribution in [3.63, 3.8) is 0 Å². The zero-order valence-corrected chi connectivity index (χ0v) is 10.9. The highest BCUT2D eigenvalue weighted by Gasteiger charge is 2.42. The molecule has 20 heavy (non-hydrogen) atoms. The van der Waals surface area contributed by atoms with Gasteiger partial charge in [-0.3, -0.25) is 4.79 Å². The van der Waals surface area contributed by atoms with Crippen LogP contribution >= 0.6 is 0 Å². The van der Waals surface area contributed by atoms with E-state index in [0.717, 1.165) is 0 Å². The number of aromatic carboxylic acids is 1. The van der Waals surface area contributed by atoms with Gasteiger partial charge in [-0.05, 0) is 25.0 Å². The molecular formula is C14H16N2O4. The van der Waals surface area contributed by atoms with Crippen molar-refractivity contribution in [2.24, 2.45) is 5.41 Å². The second-order valence-corrected chi connectivity index (χ2v) is 5.23. The summed E-state index contributed by atoms with van der Waals surface area (Å²) in [7, 11) is 0. The lowest BCUT2D eigenvalue weighted by molar-refractivity contribution is -0.129. The molecule has 2 heterocycles. The molecule has 2 aliphatic rings. The fourth-order valence-electron chi connectivity index (χ4n) is 2.78. The van der Waals surface area contributed by atoms with Crippen molar-refractivity contribution in [3.8, 4) is 0 Å². The maximum atomic E-state index is 12.5. The summed E-state index contributed by atoms with van der Waals surface area (Å²) >= 11 is 0. The van der Waals surface area contributed by atoms with Gasteiger partial charge in [-0.25, -0.2) is 4.79 Å². The molecule has 106 valence electrons. The van der Waals surface area contributed by atoms with Crippen molar-refractivity contribution in [2.75, 3.05) is 30.4 Å². The molecule has 1 amide bonds. The molecule has 1 fully saturated rings. The standard InChI is InChI=1S/C14H16N2O4/c17-12(18)9-2-1-3-10-11(9)15-8-14(13(19)16-10)4-6-20-7-5-14/h1-3,15H,4-8H2,(H,16,19)(H,17,18). The number of anilines is 2. The summed E-state index contributed by atoms with van der Waals surface area (Å²) < 4.78 is 5.32. The van der Waals surface area contributed by atoms with Crippen molar-refractivity contribution in [2.45, 2.75) is 12.8 Å². The fourth-order valence-corrected chi connectivity index (χ4v) is 2.78. The maximum absolute atomic E-state index is 12.5. The number of benzene rings is 1. The van der Waals surface area contributed by atoms with E-state index in [2.05, 4.69) is 10.6 Å². The Balaban J connectivity index is 1.98. The zero-order valence-electron chi connectivity index (χ0n) is 10.9. The van der Waals surface area contributed by atoms with Gasteiger partial charge in [0.15, 0.2) is 0 Å². The molecule has 1 aromatic rings. The Kier molecular flexibility index (Phi) is 3.10. The van der Waals surface area contributed by atoms with Gasteiger partial charge in [-0.2, -0.15) is 0 Å². The van der Waals surface area contributed by atoms with Crippen LogP contribution in [0.3, 0.4) is 0 Å². The van der Waals surface area contributed by atoms with E-state index in [0.29, 0.717) is 44.0 Å². The van der Waals surface area contributed by atoms with E-state index < -0.39 is 11.4 Å². The number of nitrogens with one attached hydrogen (secondary N) is 2. The van der Waals surface area contributed by atoms with Crippen LogP contribution in [-0.2, 0) is 9.53 Å². The van der Waals surface area contributed by atoms with Gasteiger partial charge in [0, 0.05) is 19.8 Å². The largest absolute Gasteiger partial charge is 0.478 e. The van der Waals surface area contributed by atoms with E-state index in [1.54, 1.807) is 12.1 Å². The van der Waals surface area contributed by atoms with Crippen molar-refractivity contribution in [1.82, 2.24) is 0 Å². The van der Waals surface area contributed by atoms with Crippen LogP contribution in [-0.4, -0.2) is 36.7 Å². The normalized spacial score (nSPS) is 20.5. The first-order chi connectivity index (χ1) is 9.62. The van der Waals surface area contributed by atoms with Gasteiger partial charge in [-0.1, -0.05) is 6.07 Å². The lowest BCUT2D eigenvalue weighted by atomic mass is 9.79. The molecule has 1 saturated heterocycles. The molecule has 0 unspecified atom stereocenters. The highest BCUT2D eigenvalue weighted by molar-refractivity contribution is 6.05. The van der Waals surface area contributed by atoms with Crippen LogP contribution in [0.5, 0.6) is 0 Å². The van der Waals surface area contributed by atoms with Crippen LogP contribution in [0.2, 0.25) is 0 Å². The summed E-state index contributed by atoms with van der Waals surface area (Å²) in [5.41, 5.74) is 0.662. The third-order valence-corrected chi connectivity index (χ3v) is 4.08. The molecule has 1 spiro atoms. The average Bonchev–Trinajstić information content (AvgIpc) is 2.58.